The molecule has 0 unspecified atom stereocenters. The molecule has 1 aromatic rings. The van der Waals surface area contributed by atoms with Crippen LogP contribution in [-0.2, 0) is 0 Å². The second-order valence-corrected chi connectivity index (χ2v) is 7.52. The Labute approximate surface area is 162 Å². The van der Waals surface area contributed by atoms with Crippen molar-refractivity contribution in [1.82, 2.24) is 0 Å². The van der Waals surface area contributed by atoms with Gasteiger partial charge in [-0.3, -0.25) is 0 Å². The van der Waals surface area contributed by atoms with Gasteiger partial charge in [-0.15, -0.1) is 0 Å². The zero-order valence-corrected chi connectivity index (χ0v) is 17.2. The van der Waals surface area contributed by atoms with Gasteiger partial charge in [0, 0.05) is 5.57 Å². The van der Waals surface area contributed by atoms with Crippen LogP contribution in [0.1, 0.15) is 65.4 Å². The Morgan fingerprint density at radius 2 is 1.67 bits per heavy atom. The van der Waals surface area contributed by atoms with E-state index in [0.717, 1.165) is 43.4 Å². The fourth-order valence-electron chi connectivity index (χ4n) is 3.45. The third-order valence-corrected chi connectivity index (χ3v) is 5.59. The van der Waals surface area contributed by atoms with E-state index in [2.05, 4.69) is 51.6 Å². The lowest BCUT2D eigenvalue weighted by Gasteiger charge is -2.32. The van der Waals surface area contributed by atoms with Gasteiger partial charge in [-0.1, -0.05) is 82.7 Å². The van der Waals surface area contributed by atoms with Crippen LogP contribution in [-0.4, -0.2) is 6.18 Å². The fourth-order valence-corrected chi connectivity index (χ4v) is 3.45. The van der Waals surface area contributed by atoms with E-state index < -0.39 is 11.7 Å². The van der Waals surface area contributed by atoms with Crippen molar-refractivity contribution < 1.29 is 13.2 Å². The lowest BCUT2D eigenvalue weighted by molar-refractivity contribution is -0.0913. The van der Waals surface area contributed by atoms with E-state index in [1.54, 1.807) is 6.08 Å². The van der Waals surface area contributed by atoms with E-state index in [0.29, 0.717) is 11.8 Å². The molecule has 0 aliphatic rings. The number of hydrogen-bond acceptors (Lipinski definition) is 0. The molecule has 0 fully saturated rings. The molecular formula is C24H33F3. The molecular weight excluding hydrogens is 345 g/mol. The average Bonchev–Trinajstić information content (AvgIpc) is 2.64. The number of alkyl halides is 3. The van der Waals surface area contributed by atoms with Crippen molar-refractivity contribution in [2.24, 2.45) is 11.8 Å². The monoisotopic (exact) mass is 378 g/mol. The summed E-state index contributed by atoms with van der Waals surface area (Å²) in [5.74, 6) is 0.961. The first-order chi connectivity index (χ1) is 12.6. The number of halogens is 3. The third kappa shape index (κ3) is 7.04. The summed E-state index contributed by atoms with van der Waals surface area (Å²) in [5, 5.41) is 0. The van der Waals surface area contributed by atoms with Crippen LogP contribution < -0.4 is 0 Å². The molecule has 3 heteroatoms. The molecule has 0 N–H and O–H groups in total. The molecule has 0 aromatic heterocycles. The number of allylic oxidation sites excluding steroid dienone is 5. The highest BCUT2D eigenvalue weighted by atomic mass is 19.4. The second kappa shape index (κ2) is 10.5. The topological polar surface area (TPSA) is 0 Å². The Morgan fingerprint density at radius 1 is 1.07 bits per heavy atom. The van der Waals surface area contributed by atoms with Gasteiger partial charge in [0.2, 0.25) is 0 Å². The summed E-state index contributed by atoms with van der Waals surface area (Å²) in [6.07, 6.45) is 1.75. The number of rotatable bonds is 9. The van der Waals surface area contributed by atoms with Gasteiger partial charge in [-0.2, -0.15) is 13.2 Å². The fraction of sp³-hybridized carbons (Fsp3) is 0.500. The Morgan fingerprint density at radius 3 is 2.19 bits per heavy atom. The van der Waals surface area contributed by atoms with Crippen LogP contribution in [0.25, 0.3) is 0 Å². The molecule has 0 bridgehead atoms. The van der Waals surface area contributed by atoms with Gasteiger partial charge in [0.25, 0.3) is 0 Å². The maximum atomic E-state index is 12.7. The van der Waals surface area contributed by atoms with Crippen molar-refractivity contribution in [3.8, 4) is 0 Å². The molecule has 0 nitrogen and oxygen atoms in total. The van der Waals surface area contributed by atoms with Gasteiger partial charge >= 0.3 is 6.18 Å². The molecule has 0 spiro atoms. The van der Waals surface area contributed by atoms with E-state index >= 15 is 0 Å². The summed E-state index contributed by atoms with van der Waals surface area (Å²) in [4.78, 5) is 0. The van der Waals surface area contributed by atoms with Crippen LogP contribution in [0.15, 0.2) is 65.8 Å². The minimum atomic E-state index is -4.28. The molecule has 0 radical (unpaired) electrons. The van der Waals surface area contributed by atoms with Crippen LogP contribution in [0.4, 0.5) is 13.2 Å². The highest BCUT2D eigenvalue weighted by molar-refractivity contribution is 5.34. The van der Waals surface area contributed by atoms with Crippen molar-refractivity contribution in [2.75, 3.05) is 0 Å². The normalized spacial score (nSPS) is 16.7. The van der Waals surface area contributed by atoms with Crippen LogP contribution >= 0.6 is 0 Å². The number of benzene rings is 1. The molecule has 0 heterocycles. The molecule has 0 saturated heterocycles. The van der Waals surface area contributed by atoms with Crippen molar-refractivity contribution in [3.63, 3.8) is 0 Å². The van der Waals surface area contributed by atoms with E-state index in [9.17, 15) is 13.2 Å². The zero-order chi connectivity index (χ0) is 20.6. The molecule has 1 rings (SSSR count). The van der Waals surface area contributed by atoms with Crippen molar-refractivity contribution in [1.29, 1.82) is 0 Å². The van der Waals surface area contributed by atoms with Crippen LogP contribution in [0.5, 0.6) is 0 Å². The quantitative estimate of drug-likeness (QED) is 0.379. The van der Waals surface area contributed by atoms with Crippen LogP contribution in [0.3, 0.4) is 0 Å². The van der Waals surface area contributed by atoms with Gasteiger partial charge < -0.3 is 0 Å². The van der Waals surface area contributed by atoms with Gasteiger partial charge in [-0.25, -0.2) is 0 Å². The van der Waals surface area contributed by atoms with Gasteiger partial charge in [-0.05, 0) is 54.7 Å². The largest absolute Gasteiger partial charge is 0.412 e. The summed E-state index contributed by atoms with van der Waals surface area (Å²) in [6.45, 7) is 13.7. The molecule has 27 heavy (non-hydrogen) atoms. The molecule has 3 atom stereocenters. The molecule has 150 valence electrons. The summed E-state index contributed by atoms with van der Waals surface area (Å²) in [7, 11) is 0. The van der Waals surface area contributed by atoms with Crippen LogP contribution in [0, 0.1) is 11.8 Å². The first-order valence-electron chi connectivity index (χ1n) is 9.76. The van der Waals surface area contributed by atoms with E-state index in [-0.39, 0.29) is 5.92 Å². The number of hydrogen-bond donors (Lipinski definition) is 0. The van der Waals surface area contributed by atoms with E-state index in [1.807, 2.05) is 13.0 Å². The smallest absolute Gasteiger partial charge is 0.166 e. The van der Waals surface area contributed by atoms with Gasteiger partial charge in [0.05, 0.1) is 0 Å². The molecule has 0 saturated carbocycles. The van der Waals surface area contributed by atoms with Crippen molar-refractivity contribution in [2.45, 2.75) is 66.0 Å². The first-order valence-corrected chi connectivity index (χ1v) is 9.76. The van der Waals surface area contributed by atoms with Gasteiger partial charge in [0.1, 0.15) is 0 Å². The Bertz CT molecular complexity index is 650. The minimum absolute atomic E-state index is 0.197. The predicted octanol–water partition coefficient (Wildman–Crippen LogP) is 8.24. The molecule has 0 amide bonds. The molecule has 0 aliphatic carbocycles. The van der Waals surface area contributed by atoms with E-state index in [4.69, 9.17) is 0 Å². The maximum Gasteiger partial charge on any atom is 0.412 e. The summed E-state index contributed by atoms with van der Waals surface area (Å²) < 4.78 is 38.1. The molecule has 0 aliphatic heterocycles. The highest BCUT2D eigenvalue weighted by Crippen LogP contribution is 2.38. The summed E-state index contributed by atoms with van der Waals surface area (Å²) >= 11 is 0. The summed E-state index contributed by atoms with van der Waals surface area (Å²) in [5.41, 5.74) is 2.44. The SMILES string of the molecule is C=C(/C(C)=C\C=C(/C)C(F)(F)F)[C@@H](C)[C@@H](CCCC)[C@@H](C)c1ccccc1. The average molecular weight is 379 g/mol. The standard InChI is InChI=1S/C24H33F3/c1-7-8-14-23(21(6)22-12-10-9-11-13-22)20(5)19(4)17(2)15-16-18(3)24(25,26)27/h9-13,15-16,20-21,23H,4,7-8,14H2,1-3,5-6H3/b17-15-,18-16+/t20-,21+,23-/m1/s1. The maximum absolute atomic E-state index is 12.7. The Kier molecular flexibility index (Phi) is 9.08. The van der Waals surface area contributed by atoms with Gasteiger partial charge in [0.15, 0.2) is 0 Å². The van der Waals surface area contributed by atoms with Crippen molar-refractivity contribution in [3.05, 3.63) is 71.3 Å². The third-order valence-electron chi connectivity index (χ3n) is 5.59. The van der Waals surface area contributed by atoms with Crippen molar-refractivity contribution >= 4 is 0 Å². The number of unbranched alkanes of at least 4 members (excludes halogenated alkanes) is 1. The lowest BCUT2D eigenvalue weighted by Crippen LogP contribution is -2.20. The Hall–Kier alpha value is -1.77. The zero-order valence-electron chi connectivity index (χ0n) is 17.2. The lowest BCUT2D eigenvalue weighted by atomic mass is 9.73. The second-order valence-electron chi connectivity index (χ2n) is 7.52. The Balaban J connectivity index is 3.03. The minimum Gasteiger partial charge on any atom is -0.166 e. The predicted molar refractivity (Wildman–Crippen MR) is 110 cm³/mol. The van der Waals surface area contributed by atoms with Crippen LogP contribution in [0.2, 0.25) is 0 Å². The first kappa shape index (κ1) is 23.3. The highest BCUT2D eigenvalue weighted by Gasteiger charge is 2.29. The summed E-state index contributed by atoms with van der Waals surface area (Å²) in [6, 6.07) is 10.4. The van der Waals surface area contributed by atoms with E-state index in [1.165, 1.54) is 5.56 Å². The molecule has 1 aromatic carbocycles.